The first-order valence-electron chi connectivity index (χ1n) is 12.1. The lowest BCUT2D eigenvalue weighted by Gasteiger charge is -2.26. The molecule has 0 N–H and O–H groups in total. The first-order valence-corrected chi connectivity index (χ1v) is 15.0. The van der Waals surface area contributed by atoms with Crippen LogP contribution in [0.15, 0.2) is 46.2 Å². The van der Waals surface area contributed by atoms with Crippen molar-refractivity contribution in [2.75, 3.05) is 13.1 Å². The number of hydrogen-bond acceptors (Lipinski definition) is 5. The van der Waals surface area contributed by atoms with Crippen LogP contribution in [-0.4, -0.2) is 56.4 Å². The molecule has 5 aliphatic rings. The van der Waals surface area contributed by atoms with E-state index in [4.69, 9.17) is 0 Å². The van der Waals surface area contributed by atoms with Crippen molar-refractivity contribution in [2.45, 2.75) is 60.4 Å². The standard InChI is InChI=1S/C25H26N2O5S2/c28-25-23-11-19(33(29,30)26-13-15-1-3-17(26)9-15)5-7-21(23)22-8-6-20(12-24(22)25)34(31,32)27-14-16-2-4-18(27)10-16/h5-8,11-12,15-18H,1-4,9-10,13-14H2. The molecule has 178 valence electrons. The van der Waals surface area contributed by atoms with Crippen molar-refractivity contribution in [3.63, 3.8) is 0 Å². The van der Waals surface area contributed by atoms with Crippen LogP contribution in [0.25, 0.3) is 11.1 Å². The fraction of sp³-hybridized carbons (Fsp3) is 0.480. The van der Waals surface area contributed by atoms with E-state index in [1.54, 1.807) is 32.9 Å². The number of nitrogens with zero attached hydrogens (tertiary/aromatic N) is 2. The summed E-state index contributed by atoms with van der Waals surface area (Å²) in [6.07, 6.45) is 5.80. The number of rotatable bonds is 4. The Bertz CT molecular complexity index is 1360. The molecule has 4 unspecified atom stereocenters. The minimum atomic E-state index is -3.67. The summed E-state index contributed by atoms with van der Waals surface area (Å²) >= 11 is 0. The second-order valence-corrected chi connectivity index (χ2v) is 14.3. The predicted molar refractivity (Wildman–Crippen MR) is 125 cm³/mol. The average molecular weight is 499 g/mol. The summed E-state index contributed by atoms with van der Waals surface area (Å²) < 4.78 is 56.5. The maximum atomic E-state index is 13.3. The fourth-order valence-electron chi connectivity index (χ4n) is 6.98. The molecule has 3 aliphatic carbocycles. The van der Waals surface area contributed by atoms with E-state index in [-0.39, 0.29) is 27.7 Å². The molecule has 0 amide bonds. The summed E-state index contributed by atoms with van der Waals surface area (Å²) in [7, 11) is -7.34. The molecule has 4 fully saturated rings. The maximum absolute atomic E-state index is 13.3. The molecular formula is C25H26N2O5S2. The van der Waals surface area contributed by atoms with Gasteiger partial charge in [-0.1, -0.05) is 12.1 Å². The number of sulfonamides is 2. The van der Waals surface area contributed by atoms with E-state index in [1.165, 1.54) is 12.1 Å². The van der Waals surface area contributed by atoms with Crippen LogP contribution in [0, 0.1) is 11.8 Å². The quantitative estimate of drug-likeness (QED) is 0.551. The van der Waals surface area contributed by atoms with E-state index >= 15 is 0 Å². The summed E-state index contributed by atoms with van der Waals surface area (Å²) in [6, 6.07) is 9.61. The van der Waals surface area contributed by atoms with Crippen molar-refractivity contribution in [1.29, 1.82) is 0 Å². The van der Waals surface area contributed by atoms with Crippen LogP contribution in [0.2, 0.25) is 0 Å². The lowest BCUT2D eigenvalue weighted by molar-refractivity contribution is 0.104. The SMILES string of the molecule is O=C1c2cc(S(=O)(=O)N3CC4CCC3C4)ccc2-c2ccc(S(=O)(=O)N3CC4CCC3C4)cc21. The molecule has 0 aromatic heterocycles. The summed E-state index contributed by atoms with van der Waals surface area (Å²) in [4.78, 5) is 13.6. The summed E-state index contributed by atoms with van der Waals surface area (Å²) in [6.45, 7) is 1.11. The Morgan fingerprint density at radius 2 is 1.06 bits per heavy atom. The van der Waals surface area contributed by atoms with Gasteiger partial charge in [-0.25, -0.2) is 16.8 Å². The molecule has 4 atom stereocenters. The number of piperidine rings is 2. The molecule has 2 heterocycles. The lowest BCUT2D eigenvalue weighted by Crippen LogP contribution is -2.37. The Morgan fingerprint density at radius 3 is 1.41 bits per heavy atom. The van der Waals surface area contributed by atoms with Gasteiger partial charge in [0.25, 0.3) is 0 Å². The van der Waals surface area contributed by atoms with Crippen LogP contribution >= 0.6 is 0 Å². The second kappa shape index (κ2) is 7.00. The zero-order valence-corrected chi connectivity index (χ0v) is 20.3. The molecule has 0 radical (unpaired) electrons. The first kappa shape index (κ1) is 21.2. The number of fused-ring (bicyclic) bond motifs is 7. The van der Waals surface area contributed by atoms with Gasteiger partial charge in [0.1, 0.15) is 0 Å². The van der Waals surface area contributed by atoms with E-state index < -0.39 is 20.0 Å². The zero-order valence-electron chi connectivity index (χ0n) is 18.7. The molecule has 0 spiro atoms. The molecule has 4 bridgehead atoms. The van der Waals surface area contributed by atoms with Gasteiger partial charge in [0, 0.05) is 36.3 Å². The van der Waals surface area contributed by atoms with Gasteiger partial charge in [0.15, 0.2) is 5.78 Å². The lowest BCUT2D eigenvalue weighted by atomic mass is 10.1. The molecule has 2 saturated carbocycles. The van der Waals surface area contributed by atoms with E-state index in [9.17, 15) is 21.6 Å². The molecule has 2 saturated heterocycles. The number of benzene rings is 2. The third kappa shape index (κ3) is 2.84. The number of hydrogen-bond donors (Lipinski definition) is 0. The Labute approximate surface area is 199 Å². The van der Waals surface area contributed by atoms with Gasteiger partial charge in [0.05, 0.1) is 9.79 Å². The number of carbonyl (C=O) groups is 1. The van der Waals surface area contributed by atoms with E-state index in [0.29, 0.717) is 47.2 Å². The molecule has 2 aromatic carbocycles. The third-order valence-corrected chi connectivity index (χ3v) is 12.5. The highest BCUT2D eigenvalue weighted by Crippen LogP contribution is 2.44. The predicted octanol–water partition coefficient (Wildman–Crippen LogP) is 3.24. The van der Waals surface area contributed by atoms with Crippen molar-refractivity contribution < 1.29 is 21.6 Å². The van der Waals surface area contributed by atoms with Gasteiger partial charge in [-0.05, 0) is 85.8 Å². The van der Waals surface area contributed by atoms with Crippen molar-refractivity contribution in [3.8, 4) is 11.1 Å². The highest BCUT2D eigenvalue weighted by molar-refractivity contribution is 7.89. The van der Waals surface area contributed by atoms with Crippen molar-refractivity contribution in [2.24, 2.45) is 11.8 Å². The van der Waals surface area contributed by atoms with Crippen LogP contribution in [0.5, 0.6) is 0 Å². The first-order chi connectivity index (χ1) is 16.2. The van der Waals surface area contributed by atoms with Crippen LogP contribution in [0.1, 0.15) is 54.4 Å². The largest absolute Gasteiger partial charge is 0.289 e. The summed E-state index contributed by atoms with van der Waals surface area (Å²) in [5.41, 5.74) is 1.97. The highest BCUT2D eigenvalue weighted by atomic mass is 32.2. The van der Waals surface area contributed by atoms with Gasteiger partial charge < -0.3 is 0 Å². The van der Waals surface area contributed by atoms with Gasteiger partial charge in [-0.2, -0.15) is 8.61 Å². The van der Waals surface area contributed by atoms with Gasteiger partial charge in [-0.15, -0.1) is 0 Å². The molecule has 9 heteroatoms. The normalized spacial score (nSPS) is 30.3. The molecular weight excluding hydrogens is 472 g/mol. The smallest absolute Gasteiger partial charge is 0.243 e. The van der Waals surface area contributed by atoms with Crippen molar-refractivity contribution in [1.82, 2.24) is 8.61 Å². The van der Waals surface area contributed by atoms with E-state index in [0.717, 1.165) is 38.5 Å². The molecule has 2 aromatic rings. The third-order valence-electron chi connectivity index (χ3n) is 8.69. The Hall–Kier alpha value is -2.07. The van der Waals surface area contributed by atoms with Gasteiger partial charge in [-0.3, -0.25) is 4.79 Å². The number of carbonyl (C=O) groups excluding carboxylic acids is 1. The second-order valence-electron chi connectivity index (χ2n) is 10.6. The Balaban J connectivity index is 1.23. The van der Waals surface area contributed by atoms with E-state index in [2.05, 4.69) is 0 Å². The van der Waals surface area contributed by atoms with E-state index in [1.807, 2.05) is 0 Å². The van der Waals surface area contributed by atoms with Crippen LogP contribution < -0.4 is 0 Å². The fourth-order valence-corrected chi connectivity index (χ4v) is 10.5. The van der Waals surface area contributed by atoms with Gasteiger partial charge in [0.2, 0.25) is 20.0 Å². The maximum Gasteiger partial charge on any atom is 0.243 e. The minimum absolute atomic E-state index is 0.0600. The molecule has 7 rings (SSSR count). The average Bonchev–Trinajstić information content (AvgIpc) is 3.66. The highest BCUT2D eigenvalue weighted by Gasteiger charge is 2.46. The summed E-state index contributed by atoms with van der Waals surface area (Å²) in [5.74, 6) is 0.558. The van der Waals surface area contributed by atoms with Crippen LogP contribution in [0.3, 0.4) is 0 Å². The number of ketones is 1. The molecule has 34 heavy (non-hydrogen) atoms. The van der Waals surface area contributed by atoms with Crippen molar-refractivity contribution in [3.05, 3.63) is 47.5 Å². The Kier molecular flexibility index (Phi) is 4.37. The molecule has 2 aliphatic heterocycles. The van der Waals surface area contributed by atoms with Gasteiger partial charge >= 0.3 is 0 Å². The Morgan fingerprint density at radius 1 is 0.618 bits per heavy atom. The molecule has 7 nitrogen and oxygen atoms in total. The zero-order chi connectivity index (χ0) is 23.4. The topological polar surface area (TPSA) is 91.8 Å². The minimum Gasteiger partial charge on any atom is -0.289 e. The summed E-state index contributed by atoms with van der Waals surface area (Å²) in [5, 5.41) is 0. The van der Waals surface area contributed by atoms with Crippen molar-refractivity contribution >= 4 is 25.8 Å². The van der Waals surface area contributed by atoms with Crippen LogP contribution in [0.4, 0.5) is 0 Å². The monoisotopic (exact) mass is 498 g/mol. The van der Waals surface area contributed by atoms with Crippen LogP contribution in [-0.2, 0) is 20.0 Å².